The fourth-order valence-corrected chi connectivity index (χ4v) is 2.75. The second kappa shape index (κ2) is 6.00. The van der Waals surface area contributed by atoms with Crippen molar-refractivity contribution in [3.05, 3.63) is 69.1 Å². The molecule has 23 heavy (non-hydrogen) atoms. The van der Waals surface area contributed by atoms with Gasteiger partial charge in [0.25, 0.3) is 5.56 Å². The maximum Gasteiger partial charge on any atom is 0.280 e. The van der Waals surface area contributed by atoms with Crippen molar-refractivity contribution in [2.45, 2.75) is 13.0 Å². The molecular formula is C16H11BrFN3O2. The molecule has 0 N–H and O–H groups in total. The second-order valence-electron chi connectivity index (χ2n) is 5.03. The van der Waals surface area contributed by atoms with Gasteiger partial charge in [0.05, 0.1) is 11.8 Å². The first kappa shape index (κ1) is 15.5. The number of carbonyl (C=O) groups excluding carboxylic acids is 1. The van der Waals surface area contributed by atoms with E-state index in [4.69, 9.17) is 0 Å². The molecule has 0 aliphatic heterocycles. The number of halogens is 2. The number of carbonyl (C=O) groups is 1. The van der Waals surface area contributed by atoms with Gasteiger partial charge in [-0.15, -0.1) is 0 Å². The molecule has 1 aromatic carbocycles. The number of benzene rings is 1. The van der Waals surface area contributed by atoms with E-state index in [-0.39, 0.29) is 11.3 Å². The van der Waals surface area contributed by atoms with Gasteiger partial charge in [0.15, 0.2) is 11.3 Å². The van der Waals surface area contributed by atoms with E-state index in [1.165, 1.54) is 36.0 Å². The van der Waals surface area contributed by atoms with Gasteiger partial charge in [-0.1, -0.05) is 12.1 Å². The highest BCUT2D eigenvalue weighted by atomic mass is 79.9. The summed E-state index contributed by atoms with van der Waals surface area (Å²) in [5.41, 5.74) is 0.497. The topological polar surface area (TPSA) is 64.8 Å². The molecule has 7 heteroatoms. The summed E-state index contributed by atoms with van der Waals surface area (Å²) in [7, 11) is 0. The van der Waals surface area contributed by atoms with Gasteiger partial charge < -0.3 is 0 Å². The minimum absolute atomic E-state index is 0.143. The Labute approximate surface area is 138 Å². The lowest BCUT2D eigenvalue weighted by Gasteiger charge is -2.17. The third-order valence-corrected chi connectivity index (χ3v) is 3.87. The van der Waals surface area contributed by atoms with E-state index in [1.54, 1.807) is 18.2 Å². The number of Topliss-reactive ketones (excluding diaryl/α,β-unsaturated/α-hetero) is 1. The molecule has 0 bridgehead atoms. The summed E-state index contributed by atoms with van der Waals surface area (Å²) in [5, 5.41) is 0. The Morgan fingerprint density at radius 1 is 1.30 bits per heavy atom. The zero-order chi connectivity index (χ0) is 16.6. The molecule has 0 saturated carbocycles. The lowest BCUT2D eigenvalue weighted by molar-refractivity contribution is -0.119. The molecular weight excluding hydrogens is 365 g/mol. The van der Waals surface area contributed by atoms with Crippen LogP contribution in [0.1, 0.15) is 18.5 Å². The van der Waals surface area contributed by atoms with Gasteiger partial charge in [0.2, 0.25) is 0 Å². The number of pyridine rings is 1. The maximum absolute atomic E-state index is 13.5. The highest BCUT2D eigenvalue weighted by Gasteiger charge is 2.22. The fourth-order valence-electron chi connectivity index (χ4n) is 2.44. The van der Waals surface area contributed by atoms with E-state index in [9.17, 15) is 14.0 Å². The third kappa shape index (κ3) is 2.92. The van der Waals surface area contributed by atoms with Crippen molar-refractivity contribution >= 4 is 32.7 Å². The number of ketones is 1. The minimum atomic E-state index is -0.948. The van der Waals surface area contributed by atoms with Crippen molar-refractivity contribution in [1.82, 2.24) is 14.5 Å². The van der Waals surface area contributed by atoms with Crippen LogP contribution in [0.25, 0.3) is 11.0 Å². The molecule has 0 aliphatic rings. The number of fused-ring (bicyclic) bond motifs is 1. The Bertz CT molecular complexity index is 971. The lowest BCUT2D eigenvalue weighted by atomic mass is 10.0. The third-order valence-electron chi connectivity index (χ3n) is 3.43. The maximum atomic E-state index is 13.5. The van der Waals surface area contributed by atoms with Gasteiger partial charge >= 0.3 is 0 Å². The van der Waals surface area contributed by atoms with E-state index in [0.717, 1.165) is 0 Å². The average molecular weight is 376 g/mol. The molecule has 2 heterocycles. The standard InChI is InChI=1S/C16H11BrFN3O2/c1-9(22)15(10-3-2-4-11(18)7-10)21-8-19-12-5-6-13(17)20-14(12)16(21)23/h2-8,15H,1H3. The SMILES string of the molecule is CC(=O)C(c1cccc(F)c1)n1cnc2ccc(Br)nc2c1=O. The molecule has 3 rings (SSSR count). The normalized spacial score (nSPS) is 12.3. The number of hydrogen-bond acceptors (Lipinski definition) is 4. The summed E-state index contributed by atoms with van der Waals surface area (Å²) in [6.45, 7) is 1.35. The van der Waals surface area contributed by atoms with Crippen molar-refractivity contribution in [2.24, 2.45) is 0 Å². The Morgan fingerprint density at radius 2 is 2.09 bits per heavy atom. The van der Waals surface area contributed by atoms with Crippen molar-refractivity contribution in [3.8, 4) is 0 Å². The van der Waals surface area contributed by atoms with Gasteiger partial charge in [-0.2, -0.15) is 0 Å². The first-order valence-electron chi connectivity index (χ1n) is 6.76. The van der Waals surface area contributed by atoms with Gasteiger partial charge in [-0.3, -0.25) is 14.2 Å². The Kier molecular flexibility index (Phi) is 4.04. The molecule has 116 valence electrons. The molecule has 0 fully saturated rings. The summed E-state index contributed by atoms with van der Waals surface area (Å²) in [4.78, 5) is 33.0. The van der Waals surface area contributed by atoms with Crippen LogP contribution in [-0.2, 0) is 4.79 Å². The van der Waals surface area contributed by atoms with E-state index in [2.05, 4.69) is 25.9 Å². The van der Waals surface area contributed by atoms with Gasteiger partial charge in [0.1, 0.15) is 16.5 Å². The van der Waals surface area contributed by atoms with E-state index in [1.807, 2.05) is 0 Å². The summed E-state index contributed by atoms with van der Waals surface area (Å²) in [6, 6.07) is 7.99. The van der Waals surface area contributed by atoms with Crippen LogP contribution in [0.3, 0.4) is 0 Å². The second-order valence-corrected chi connectivity index (χ2v) is 5.84. The van der Waals surface area contributed by atoms with Crippen LogP contribution < -0.4 is 5.56 Å². The average Bonchev–Trinajstić information content (AvgIpc) is 2.50. The largest absolute Gasteiger partial charge is 0.297 e. The zero-order valence-electron chi connectivity index (χ0n) is 12.0. The Hall–Kier alpha value is -2.41. The fraction of sp³-hybridized carbons (Fsp3) is 0.125. The van der Waals surface area contributed by atoms with Crippen LogP contribution in [0.2, 0.25) is 0 Å². The molecule has 1 unspecified atom stereocenters. The predicted octanol–water partition coefficient (Wildman–Crippen LogP) is 2.87. The molecule has 0 aliphatic carbocycles. The molecule has 0 spiro atoms. The van der Waals surface area contributed by atoms with Gasteiger partial charge in [-0.25, -0.2) is 14.4 Å². The summed E-state index contributed by atoms with van der Waals surface area (Å²) in [6.07, 6.45) is 1.29. The quantitative estimate of drug-likeness (QED) is 0.660. The molecule has 0 amide bonds. The monoisotopic (exact) mass is 375 g/mol. The van der Waals surface area contributed by atoms with Crippen molar-refractivity contribution in [3.63, 3.8) is 0 Å². The Balaban J connectivity index is 2.25. The van der Waals surface area contributed by atoms with Crippen LogP contribution in [0.15, 0.2) is 52.1 Å². The Morgan fingerprint density at radius 3 is 2.78 bits per heavy atom. The van der Waals surface area contributed by atoms with Crippen molar-refractivity contribution < 1.29 is 9.18 Å². The van der Waals surface area contributed by atoms with Gasteiger partial charge in [0, 0.05) is 0 Å². The van der Waals surface area contributed by atoms with Crippen molar-refractivity contribution in [1.29, 1.82) is 0 Å². The number of rotatable bonds is 3. The molecule has 2 aromatic heterocycles. The first-order chi connectivity index (χ1) is 11.0. The highest BCUT2D eigenvalue weighted by Crippen LogP contribution is 2.20. The van der Waals surface area contributed by atoms with Crippen LogP contribution in [0, 0.1) is 5.82 Å². The number of nitrogens with zero attached hydrogens (tertiary/aromatic N) is 3. The number of hydrogen-bond donors (Lipinski definition) is 0. The molecule has 3 aromatic rings. The van der Waals surface area contributed by atoms with Crippen molar-refractivity contribution in [2.75, 3.05) is 0 Å². The molecule has 0 saturated heterocycles. The highest BCUT2D eigenvalue weighted by molar-refractivity contribution is 9.10. The molecule has 0 radical (unpaired) electrons. The van der Waals surface area contributed by atoms with Crippen LogP contribution >= 0.6 is 15.9 Å². The predicted molar refractivity (Wildman–Crippen MR) is 86.7 cm³/mol. The van der Waals surface area contributed by atoms with Crippen LogP contribution in [0.4, 0.5) is 4.39 Å². The molecule has 1 atom stereocenters. The van der Waals surface area contributed by atoms with Crippen LogP contribution in [-0.4, -0.2) is 20.3 Å². The number of aromatic nitrogens is 3. The van der Waals surface area contributed by atoms with E-state index in [0.29, 0.717) is 15.7 Å². The zero-order valence-corrected chi connectivity index (χ0v) is 13.6. The summed E-state index contributed by atoms with van der Waals surface area (Å²) in [5.74, 6) is -0.773. The van der Waals surface area contributed by atoms with E-state index >= 15 is 0 Å². The van der Waals surface area contributed by atoms with Crippen LogP contribution in [0.5, 0.6) is 0 Å². The summed E-state index contributed by atoms with van der Waals surface area (Å²) < 4.78 is 15.2. The van der Waals surface area contributed by atoms with Gasteiger partial charge in [-0.05, 0) is 52.7 Å². The first-order valence-corrected chi connectivity index (χ1v) is 7.56. The van der Waals surface area contributed by atoms with E-state index < -0.39 is 17.4 Å². The molecule has 5 nitrogen and oxygen atoms in total. The minimum Gasteiger partial charge on any atom is -0.297 e. The smallest absolute Gasteiger partial charge is 0.280 e. The lowest BCUT2D eigenvalue weighted by Crippen LogP contribution is -2.30. The summed E-state index contributed by atoms with van der Waals surface area (Å²) >= 11 is 3.21.